The van der Waals surface area contributed by atoms with Gasteiger partial charge in [-0.2, -0.15) is 0 Å². The van der Waals surface area contributed by atoms with Crippen LogP contribution >= 0.6 is 0 Å². The van der Waals surface area contributed by atoms with Gasteiger partial charge in [-0.15, -0.1) is 0 Å². The van der Waals surface area contributed by atoms with E-state index in [1.54, 1.807) is 42.5 Å². The summed E-state index contributed by atoms with van der Waals surface area (Å²) in [5, 5.41) is 2.58. The average molecular weight is 383 g/mol. The van der Waals surface area contributed by atoms with Crippen molar-refractivity contribution < 1.29 is 28.7 Å². The number of benzene rings is 2. The number of hydrogen-bond acceptors (Lipinski definition) is 6. The monoisotopic (exact) mass is 383 g/mol. The van der Waals surface area contributed by atoms with Crippen LogP contribution in [0.1, 0.15) is 41.5 Å². The highest BCUT2D eigenvalue weighted by molar-refractivity contribution is 6.04. The van der Waals surface area contributed by atoms with Crippen molar-refractivity contribution in [1.29, 1.82) is 0 Å². The lowest BCUT2D eigenvalue weighted by Crippen LogP contribution is -2.32. The normalized spacial score (nSPS) is 11.2. The Hall–Kier alpha value is -3.48. The van der Waals surface area contributed by atoms with Crippen LogP contribution < -0.4 is 10.1 Å². The summed E-state index contributed by atoms with van der Waals surface area (Å²) in [6.45, 7) is 3.83. The standard InChI is InChI=1S/C21H21NO6/c1-13(23)16-7-6-8-17(11-16)27-12-20(25)28-15(3)21(26)22-19-10-5-4-9-18(19)14(2)24/h4-11,15H,12H2,1-3H3,(H,22,26)/t15-/m1/s1. The maximum atomic E-state index is 12.2. The van der Waals surface area contributed by atoms with Crippen LogP contribution in [-0.2, 0) is 14.3 Å². The minimum Gasteiger partial charge on any atom is -0.482 e. The SMILES string of the molecule is CC(=O)c1cccc(OCC(=O)O[C@H](C)C(=O)Nc2ccccc2C(C)=O)c1. The number of amides is 1. The van der Waals surface area contributed by atoms with E-state index in [0.717, 1.165) is 0 Å². The number of hydrogen-bond donors (Lipinski definition) is 1. The van der Waals surface area contributed by atoms with Crippen LogP contribution in [0.3, 0.4) is 0 Å². The molecule has 0 spiro atoms. The summed E-state index contributed by atoms with van der Waals surface area (Å²) in [5.74, 6) is -1.28. The zero-order valence-corrected chi connectivity index (χ0v) is 15.9. The highest BCUT2D eigenvalue weighted by Gasteiger charge is 2.20. The predicted molar refractivity (Wildman–Crippen MR) is 103 cm³/mol. The fraction of sp³-hybridized carbons (Fsp3) is 0.238. The number of ketones is 2. The van der Waals surface area contributed by atoms with Gasteiger partial charge in [-0.05, 0) is 45.0 Å². The van der Waals surface area contributed by atoms with Crippen molar-refractivity contribution >= 4 is 29.1 Å². The van der Waals surface area contributed by atoms with Crippen LogP contribution in [0, 0.1) is 0 Å². The van der Waals surface area contributed by atoms with E-state index in [-0.39, 0.29) is 11.6 Å². The Balaban J connectivity index is 1.90. The molecule has 0 aliphatic rings. The van der Waals surface area contributed by atoms with Gasteiger partial charge < -0.3 is 14.8 Å². The van der Waals surface area contributed by atoms with Gasteiger partial charge in [0.25, 0.3) is 5.91 Å². The van der Waals surface area contributed by atoms with E-state index in [0.29, 0.717) is 22.6 Å². The summed E-state index contributed by atoms with van der Waals surface area (Å²) in [7, 11) is 0. The molecular formula is C21H21NO6. The van der Waals surface area contributed by atoms with Crippen molar-refractivity contribution in [1.82, 2.24) is 0 Å². The second kappa shape index (κ2) is 9.45. The van der Waals surface area contributed by atoms with Crippen LogP contribution in [0.15, 0.2) is 48.5 Å². The van der Waals surface area contributed by atoms with E-state index >= 15 is 0 Å². The Labute approximate surface area is 162 Å². The molecule has 0 unspecified atom stereocenters. The molecule has 1 N–H and O–H groups in total. The summed E-state index contributed by atoms with van der Waals surface area (Å²) in [5.41, 5.74) is 1.17. The number of Topliss-reactive ketones (excluding diaryl/α,β-unsaturated/α-hetero) is 2. The number of esters is 1. The molecule has 2 rings (SSSR count). The third-order valence-corrected chi connectivity index (χ3v) is 3.84. The van der Waals surface area contributed by atoms with Crippen LogP contribution in [-0.4, -0.2) is 36.2 Å². The van der Waals surface area contributed by atoms with Crippen LogP contribution in [0.5, 0.6) is 5.75 Å². The molecule has 146 valence electrons. The molecule has 0 aromatic heterocycles. The molecule has 1 atom stereocenters. The first kappa shape index (κ1) is 20.8. The van der Waals surface area contributed by atoms with E-state index in [2.05, 4.69) is 5.32 Å². The molecular weight excluding hydrogens is 362 g/mol. The Kier molecular flexibility index (Phi) is 7.03. The van der Waals surface area contributed by atoms with Gasteiger partial charge in [0.05, 0.1) is 5.69 Å². The maximum absolute atomic E-state index is 12.2. The smallest absolute Gasteiger partial charge is 0.344 e. The topological polar surface area (TPSA) is 98.8 Å². The Bertz CT molecular complexity index is 905. The number of para-hydroxylation sites is 1. The first-order chi connectivity index (χ1) is 13.3. The zero-order chi connectivity index (χ0) is 20.7. The average Bonchev–Trinajstić information content (AvgIpc) is 2.66. The second-order valence-electron chi connectivity index (χ2n) is 6.10. The fourth-order valence-corrected chi connectivity index (χ4v) is 2.37. The molecule has 0 aliphatic heterocycles. The molecule has 7 nitrogen and oxygen atoms in total. The van der Waals surface area contributed by atoms with E-state index in [4.69, 9.17) is 9.47 Å². The van der Waals surface area contributed by atoms with Gasteiger partial charge >= 0.3 is 5.97 Å². The Morgan fingerprint density at radius 2 is 1.68 bits per heavy atom. The van der Waals surface area contributed by atoms with E-state index in [1.165, 1.54) is 26.8 Å². The third-order valence-electron chi connectivity index (χ3n) is 3.84. The van der Waals surface area contributed by atoms with E-state index < -0.39 is 24.6 Å². The highest BCUT2D eigenvalue weighted by Crippen LogP contribution is 2.16. The van der Waals surface area contributed by atoms with E-state index in [1.807, 2.05) is 0 Å². The Morgan fingerprint density at radius 3 is 2.36 bits per heavy atom. The zero-order valence-electron chi connectivity index (χ0n) is 15.9. The van der Waals surface area contributed by atoms with Gasteiger partial charge in [-0.3, -0.25) is 14.4 Å². The number of carbonyl (C=O) groups is 4. The van der Waals surface area contributed by atoms with Gasteiger partial charge in [0.15, 0.2) is 24.3 Å². The van der Waals surface area contributed by atoms with Gasteiger partial charge in [-0.25, -0.2) is 4.79 Å². The molecule has 0 aliphatic carbocycles. The number of anilines is 1. The molecule has 0 radical (unpaired) electrons. The van der Waals surface area contributed by atoms with Crippen molar-refractivity contribution in [3.05, 3.63) is 59.7 Å². The number of ether oxygens (including phenoxy) is 2. The molecule has 0 fully saturated rings. The largest absolute Gasteiger partial charge is 0.482 e. The lowest BCUT2D eigenvalue weighted by Gasteiger charge is -2.15. The first-order valence-electron chi connectivity index (χ1n) is 8.62. The van der Waals surface area contributed by atoms with Crippen molar-refractivity contribution in [3.63, 3.8) is 0 Å². The molecule has 0 bridgehead atoms. The molecule has 2 aromatic carbocycles. The van der Waals surface area contributed by atoms with Crippen molar-refractivity contribution in [3.8, 4) is 5.75 Å². The molecule has 1 amide bonds. The molecule has 2 aromatic rings. The molecule has 0 saturated carbocycles. The van der Waals surface area contributed by atoms with Gasteiger partial charge in [0.1, 0.15) is 5.75 Å². The molecule has 0 heterocycles. The lowest BCUT2D eigenvalue weighted by molar-refractivity contribution is -0.155. The van der Waals surface area contributed by atoms with Gasteiger partial charge in [0.2, 0.25) is 0 Å². The van der Waals surface area contributed by atoms with E-state index in [9.17, 15) is 19.2 Å². The van der Waals surface area contributed by atoms with Gasteiger partial charge in [0, 0.05) is 11.1 Å². The summed E-state index contributed by atoms with van der Waals surface area (Å²) in [6.07, 6.45) is -1.08. The third kappa shape index (κ3) is 5.77. The van der Waals surface area contributed by atoms with Gasteiger partial charge in [-0.1, -0.05) is 24.3 Å². The minimum absolute atomic E-state index is 0.121. The molecule has 0 saturated heterocycles. The lowest BCUT2D eigenvalue weighted by atomic mass is 10.1. The summed E-state index contributed by atoms with van der Waals surface area (Å²) < 4.78 is 10.4. The predicted octanol–water partition coefficient (Wildman–Crippen LogP) is 3.04. The minimum atomic E-state index is -1.08. The summed E-state index contributed by atoms with van der Waals surface area (Å²) in [6, 6.07) is 13.0. The van der Waals surface area contributed by atoms with Crippen molar-refractivity contribution in [2.45, 2.75) is 26.9 Å². The summed E-state index contributed by atoms with van der Waals surface area (Å²) >= 11 is 0. The number of carbonyl (C=O) groups excluding carboxylic acids is 4. The van der Waals surface area contributed by atoms with Crippen LogP contribution in [0.25, 0.3) is 0 Å². The van der Waals surface area contributed by atoms with Crippen molar-refractivity contribution in [2.75, 3.05) is 11.9 Å². The highest BCUT2D eigenvalue weighted by atomic mass is 16.6. The first-order valence-corrected chi connectivity index (χ1v) is 8.62. The quantitative estimate of drug-likeness (QED) is 0.556. The second-order valence-corrected chi connectivity index (χ2v) is 6.10. The van der Waals surface area contributed by atoms with Crippen LogP contribution in [0.4, 0.5) is 5.69 Å². The maximum Gasteiger partial charge on any atom is 0.344 e. The molecule has 28 heavy (non-hydrogen) atoms. The molecule has 7 heteroatoms. The number of nitrogens with one attached hydrogen (secondary N) is 1. The number of rotatable bonds is 8. The summed E-state index contributed by atoms with van der Waals surface area (Å²) in [4.78, 5) is 47.1. The van der Waals surface area contributed by atoms with Crippen LogP contribution in [0.2, 0.25) is 0 Å². The Morgan fingerprint density at radius 1 is 0.964 bits per heavy atom. The fourth-order valence-electron chi connectivity index (χ4n) is 2.37. The van der Waals surface area contributed by atoms with Crippen molar-refractivity contribution in [2.24, 2.45) is 0 Å².